The highest BCUT2D eigenvalue weighted by atomic mass is 35.5. The molecule has 0 spiro atoms. The summed E-state index contributed by atoms with van der Waals surface area (Å²) in [5, 5.41) is 15.7. The molecular formula is C22H23ClN4O7. The van der Waals surface area contributed by atoms with Crippen LogP contribution in [0.2, 0.25) is 5.02 Å². The van der Waals surface area contributed by atoms with Gasteiger partial charge in [0.25, 0.3) is 17.5 Å². The van der Waals surface area contributed by atoms with Gasteiger partial charge in [0.1, 0.15) is 11.6 Å². The summed E-state index contributed by atoms with van der Waals surface area (Å²) in [6, 6.07) is 10.6. The van der Waals surface area contributed by atoms with Crippen LogP contribution in [0.4, 0.5) is 11.4 Å². The number of nitro groups is 1. The Hall–Kier alpha value is -3.99. The van der Waals surface area contributed by atoms with Gasteiger partial charge < -0.3 is 20.3 Å². The molecule has 0 bridgehead atoms. The normalized spacial score (nSPS) is 11.2. The smallest absolute Gasteiger partial charge is 0.326 e. The third-order valence-electron chi connectivity index (χ3n) is 4.55. The molecule has 0 aromatic heterocycles. The van der Waals surface area contributed by atoms with Crippen LogP contribution in [0.3, 0.4) is 0 Å². The second-order valence-electron chi connectivity index (χ2n) is 7.35. The quantitative estimate of drug-likeness (QED) is 0.311. The zero-order chi connectivity index (χ0) is 25.4. The van der Waals surface area contributed by atoms with Crippen molar-refractivity contribution < 1.29 is 28.8 Å². The Labute approximate surface area is 200 Å². The number of hydrogen-bond acceptors (Lipinski definition) is 7. The number of nitrogens with one attached hydrogen (secondary N) is 2. The number of carbonyl (C=O) groups is 4. The maximum atomic E-state index is 12.4. The van der Waals surface area contributed by atoms with Crippen LogP contribution in [-0.2, 0) is 19.1 Å². The van der Waals surface area contributed by atoms with E-state index in [0.29, 0.717) is 5.69 Å². The molecule has 2 rings (SSSR count). The van der Waals surface area contributed by atoms with Crippen molar-refractivity contribution in [1.82, 2.24) is 10.2 Å². The number of benzene rings is 2. The first-order valence-electron chi connectivity index (χ1n) is 10.0. The molecular weight excluding hydrogens is 468 g/mol. The summed E-state index contributed by atoms with van der Waals surface area (Å²) in [6.07, 6.45) is -1.21. The Morgan fingerprint density at radius 2 is 1.79 bits per heavy atom. The summed E-state index contributed by atoms with van der Waals surface area (Å²) < 4.78 is 5.01. The van der Waals surface area contributed by atoms with Gasteiger partial charge in [0.05, 0.1) is 11.5 Å². The monoisotopic (exact) mass is 490 g/mol. The Morgan fingerprint density at radius 1 is 1.15 bits per heavy atom. The molecule has 0 aliphatic heterocycles. The maximum absolute atomic E-state index is 12.4. The number of rotatable bonds is 9. The van der Waals surface area contributed by atoms with E-state index in [1.165, 1.54) is 26.1 Å². The molecule has 2 N–H and O–H groups in total. The first-order chi connectivity index (χ1) is 16.0. The molecule has 0 fully saturated rings. The Balaban J connectivity index is 1.82. The van der Waals surface area contributed by atoms with Crippen molar-refractivity contribution in [3.63, 3.8) is 0 Å². The van der Waals surface area contributed by atoms with E-state index in [9.17, 15) is 29.3 Å². The standard InChI is InChI=1S/C22H23ClN4O7/c1-13-4-7-16(8-5-13)25-19(28)12-26(3)22(31)14(2)34-20(29)11-24-21(30)15-6-9-17(23)18(10-15)27(32)33/h4-10,14H,11-12H2,1-3H3,(H,24,30)(H,25,28)/t14-/m1/s1. The fourth-order valence-electron chi connectivity index (χ4n) is 2.78. The Kier molecular flexibility index (Phi) is 9.08. The predicted octanol–water partition coefficient (Wildman–Crippen LogP) is 2.32. The van der Waals surface area contributed by atoms with Crippen LogP contribution in [0.25, 0.3) is 0 Å². The largest absolute Gasteiger partial charge is 0.451 e. The van der Waals surface area contributed by atoms with Crippen molar-refractivity contribution in [1.29, 1.82) is 0 Å². The second-order valence-corrected chi connectivity index (χ2v) is 7.75. The fraction of sp³-hybridized carbons (Fsp3) is 0.273. The second kappa shape index (κ2) is 11.8. The number of esters is 1. The minimum absolute atomic E-state index is 0.0765. The van der Waals surface area contributed by atoms with Crippen molar-refractivity contribution in [2.24, 2.45) is 0 Å². The minimum Gasteiger partial charge on any atom is -0.451 e. The predicted molar refractivity (Wildman–Crippen MR) is 123 cm³/mol. The highest BCUT2D eigenvalue weighted by molar-refractivity contribution is 6.32. The maximum Gasteiger partial charge on any atom is 0.326 e. The minimum atomic E-state index is -1.21. The molecule has 0 aliphatic rings. The van der Waals surface area contributed by atoms with Crippen molar-refractivity contribution in [2.75, 3.05) is 25.5 Å². The van der Waals surface area contributed by atoms with Crippen molar-refractivity contribution in [3.05, 3.63) is 68.7 Å². The van der Waals surface area contributed by atoms with Gasteiger partial charge in [-0.2, -0.15) is 0 Å². The first-order valence-corrected chi connectivity index (χ1v) is 10.4. The lowest BCUT2D eigenvalue weighted by molar-refractivity contribution is -0.384. The van der Waals surface area contributed by atoms with Crippen LogP contribution < -0.4 is 10.6 Å². The molecule has 0 heterocycles. The van der Waals surface area contributed by atoms with Crippen LogP contribution >= 0.6 is 11.6 Å². The van der Waals surface area contributed by atoms with Crippen molar-refractivity contribution in [2.45, 2.75) is 20.0 Å². The van der Waals surface area contributed by atoms with Crippen LogP contribution in [0.5, 0.6) is 0 Å². The molecule has 1 atom stereocenters. The average molecular weight is 491 g/mol. The molecule has 11 nitrogen and oxygen atoms in total. The van der Waals surface area contributed by atoms with Gasteiger partial charge in [-0.1, -0.05) is 29.3 Å². The van der Waals surface area contributed by atoms with Crippen LogP contribution in [0, 0.1) is 17.0 Å². The number of ether oxygens (including phenoxy) is 1. The lowest BCUT2D eigenvalue weighted by atomic mass is 10.2. The van der Waals surface area contributed by atoms with Gasteiger partial charge in [0.2, 0.25) is 5.91 Å². The van der Waals surface area contributed by atoms with E-state index in [-0.39, 0.29) is 17.1 Å². The number of halogens is 1. The molecule has 180 valence electrons. The zero-order valence-electron chi connectivity index (χ0n) is 18.7. The number of nitro benzene ring substituents is 1. The van der Waals surface area contributed by atoms with Crippen molar-refractivity contribution >= 4 is 46.7 Å². The molecule has 2 aromatic rings. The Morgan fingerprint density at radius 3 is 2.41 bits per heavy atom. The lowest BCUT2D eigenvalue weighted by Crippen LogP contribution is -2.42. The Bertz CT molecular complexity index is 1100. The van der Waals surface area contributed by atoms with E-state index < -0.39 is 47.0 Å². The molecule has 0 unspecified atom stereocenters. The summed E-state index contributed by atoms with van der Waals surface area (Å²) in [5.41, 5.74) is 1.09. The van der Waals surface area contributed by atoms with Gasteiger partial charge in [-0.3, -0.25) is 29.3 Å². The molecule has 0 radical (unpaired) electrons. The van der Waals surface area contributed by atoms with E-state index in [1.54, 1.807) is 12.1 Å². The number of anilines is 1. The number of hydrogen-bond donors (Lipinski definition) is 2. The highest BCUT2D eigenvalue weighted by Crippen LogP contribution is 2.24. The van der Waals surface area contributed by atoms with Gasteiger partial charge >= 0.3 is 5.97 Å². The molecule has 3 amide bonds. The molecule has 2 aromatic carbocycles. The van der Waals surface area contributed by atoms with E-state index in [0.717, 1.165) is 16.5 Å². The number of likely N-dealkylation sites (N-methyl/N-ethyl adjacent to an activating group) is 1. The third kappa shape index (κ3) is 7.55. The molecule has 0 saturated heterocycles. The number of carbonyl (C=O) groups excluding carboxylic acids is 4. The summed E-state index contributed by atoms with van der Waals surface area (Å²) in [7, 11) is 1.39. The summed E-state index contributed by atoms with van der Waals surface area (Å²) in [5.74, 6) is -2.72. The molecule has 0 saturated carbocycles. The van der Waals surface area contributed by atoms with Gasteiger partial charge in [-0.05, 0) is 38.1 Å². The number of nitrogens with zero attached hydrogens (tertiary/aromatic N) is 2. The zero-order valence-corrected chi connectivity index (χ0v) is 19.4. The number of amides is 3. The van der Waals surface area contributed by atoms with E-state index in [2.05, 4.69) is 10.6 Å². The lowest BCUT2D eigenvalue weighted by Gasteiger charge is -2.21. The summed E-state index contributed by atoms with van der Waals surface area (Å²) in [4.78, 5) is 60.0. The molecule has 12 heteroatoms. The van der Waals surface area contributed by atoms with Crippen LogP contribution in [0.15, 0.2) is 42.5 Å². The third-order valence-corrected chi connectivity index (χ3v) is 4.87. The van der Waals surface area contributed by atoms with Gasteiger partial charge in [0, 0.05) is 24.4 Å². The molecule has 0 aliphatic carbocycles. The van der Waals surface area contributed by atoms with Gasteiger partial charge in [-0.15, -0.1) is 0 Å². The van der Waals surface area contributed by atoms with Crippen molar-refractivity contribution in [3.8, 4) is 0 Å². The SMILES string of the molecule is Cc1ccc(NC(=O)CN(C)C(=O)[C@@H](C)OC(=O)CNC(=O)c2ccc(Cl)c([N+](=O)[O-])c2)cc1. The van der Waals surface area contributed by atoms with E-state index >= 15 is 0 Å². The van der Waals surface area contributed by atoms with E-state index in [4.69, 9.17) is 16.3 Å². The van der Waals surface area contributed by atoms with Crippen LogP contribution in [-0.4, -0.2) is 59.8 Å². The first kappa shape index (κ1) is 26.3. The van der Waals surface area contributed by atoms with Crippen LogP contribution in [0.1, 0.15) is 22.8 Å². The average Bonchev–Trinajstić information content (AvgIpc) is 2.78. The number of aryl methyl sites for hydroxylation is 1. The summed E-state index contributed by atoms with van der Waals surface area (Å²) >= 11 is 5.70. The topological polar surface area (TPSA) is 148 Å². The fourth-order valence-corrected chi connectivity index (χ4v) is 2.97. The van der Waals surface area contributed by atoms with Gasteiger partial charge in [-0.25, -0.2) is 0 Å². The highest BCUT2D eigenvalue weighted by Gasteiger charge is 2.23. The van der Waals surface area contributed by atoms with E-state index in [1.807, 2.05) is 19.1 Å². The molecule has 34 heavy (non-hydrogen) atoms. The summed E-state index contributed by atoms with van der Waals surface area (Å²) in [6.45, 7) is 2.40. The van der Waals surface area contributed by atoms with Gasteiger partial charge in [0.15, 0.2) is 6.10 Å².